The third-order valence-electron chi connectivity index (χ3n) is 2.72. The minimum absolute atomic E-state index is 0.0322. The van der Waals surface area contributed by atoms with Crippen molar-refractivity contribution in [2.24, 2.45) is 0 Å². The van der Waals surface area contributed by atoms with E-state index in [1.54, 1.807) is 19.3 Å². The number of carbonyl (C=O) groups is 1. The largest absolute Gasteiger partial charge is 0.469 e. The fourth-order valence-corrected chi connectivity index (χ4v) is 1.69. The molecule has 1 rings (SSSR count). The third kappa shape index (κ3) is 3.72. The van der Waals surface area contributed by atoms with E-state index in [0.717, 1.165) is 6.42 Å². The molecule has 0 aromatic carbocycles. The van der Waals surface area contributed by atoms with Crippen LogP contribution in [0.25, 0.3) is 0 Å². The van der Waals surface area contributed by atoms with Crippen LogP contribution < -0.4 is 5.32 Å². The molecule has 0 aliphatic heterocycles. The van der Waals surface area contributed by atoms with Gasteiger partial charge in [-0.05, 0) is 26.3 Å². The lowest BCUT2D eigenvalue weighted by molar-refractivity contribution is 0.0936. The predicted molar refractivity (Wildman–Crippen MR) is 64.5 cm³/mol. The standard InChI is InChI=1S/C13H21NO2/c1-4-5-6-7-10(2)14-13(15)12-8-9-16-11(12)3/h8-10H,4-7H2,1-3H3,(H,14,15)/t10-/m0/s1. The zero-order valence-electron chi connectivity index (χ0n) is 10.4. The number of hydrogen-bond acceptors (Lipinski definition) is 2. The van der Waals surface area contributed by atoms with E-state index in [0.29, 0.717) is 11.3 Å². The van der Waals surface area contributed by atoms with Crippen molar-refractivity contribution >= 4 is 5.91 Å². The summed E-state index contributed by atoms with van der Waals surface area (Å²) in [6.07, 6.45) is 6.19. The van der Waals surface area contributed by atoms with Crippen molar-refractivity contribution in [3.63, 3.8) is 0 Å². The van der Waals surface area contributed by atoms with E-state index in [4.69, 9.17) is 4.42 Å². The van der Waals surface area contributed by atoms with Crippen LogP contribution in [0.4, 0.5) is 0 Å². The number of hydrogen-bond donors (Lipinski definition) is 1. The van der Waals surface area contributed by atoms with Gasteiger partial charge in [-0.25, -0.2) is 0 Å². The highest BCUT2D eigenvalue weighted by molar-refractivity contribution is 5.95. The highest BCUT2D eigenvalue weighted by atomic mass is 16.3. The van der Waals surface area contributed by atoms with Crippen molar-refractivity contribution in [3.05, 3.63) is 23.7 Å². The van der Waals surface area contributed by atoms with Crippen LogP contribution in [-0.4, -0.2) is 11.9 Å². The SMILES string of the molecule is CCCCC[C@H](C)NC(=O)c1ccoc1C. The molecule has 1 amide bonds. The first kappa shape index (κ1) is 12.8. The Hall–Kier alpha value is -1.25. The molecule has 16 heavy (non-hydrogen) atoms. The van der Waals surface area contributed by atoms with Crippen molar-refractivity contribution in [1.29, 1.82) is 0 Å². The van der Waals surface area contributed by atoms with Crippen LogP contribution in [0, 0.1) is 6.92 Å². The summed E-state index contributed by atoms with van der Waals surface area (Å²) in [6.45, 7) is 6.03. The molecule has 1 heterocycles. The maximum Gasteiger partial charge on any atom is 0.255 e. The summed E-state index contributed by atoms with van der Waals surface area (Å²) in [5.74, 6) is 0.647. The number of unbranched alkanes of at least 4 members (excludes halogenated alkanes) is 2. The Kier molecular flexibility index (Phi) is 5.09. The summed E-state index contributed by atoms with van der Waals surface area (Å²) in [5.41, 5.74) is 0.641. The molecule has 1 aromatic heterocycles. The molecular weight excluding hydrogens is 202 g/mol. The lowest BCUT2D eigenvalue weighted by atomic mass is 10.1. The van der Waals surface area contributed by atoms with Crippen LogP contribution in [0.5, 0.6) is 0 Å². The molecule has 0 saturated heterocycles. The molecule has 0 saturated carbocycles. The first-order valence-electron chi connectivity index (χ1n) is 6.00. The molecule has 90 valence electrons. The average molecular weight is 223 g/mol. The van der Waals surface area contributed by atoms with Crippen molar-refractivity contribution in [3.8, 4) is 0 Å². The van der Waals surface area contributed by atoms with E-state index in [1.165, 1.54) is 19.3 Å². The van der Waals surface area contributed by atoms with E-state index in [2.05, 4.69) is 12.2 Å². The molecule has 1 atom stereocenters. The molecule has 0 fully saturated rings. The molecule has 1 aromatic rings. The fourth-order valence-electron chi connectivity index (χ4n) is 1.69. The Morgan fingerprint density at radius 2 is 2.25 bits per heavy atom. The van der Waals surface area contributed by atoms with Crippen LogP contribution in [0.15, 0.2) is 16.7 Å². The Balaban J connectivity index is 2.37. The zero-order chi connectivity index (χ0) is 12.0. The fraction of sp³-hybridized carbons (Fsp3) is 0.615. The van der Waals surface area contributed by atoms with Gasteiger partial charge in [-0.15, -0.1) is 0 Å². The van der Waals surface area contributed by atoms with Gasteiger partial charge in [0.25, 0.3) is 5.91 Å². The Morgan fingerprint density at radius 3 is 2.81 bits per heavy atom. The topological polar surface area (TPSA) is 42.2 Å². The van der Waals surface area contributed by atoms with E-state index in [-0.39, 0.29) is 11.9 Å². The molecule has 1 N–H and O–H groups in total. The minimum atomic E-state index is -0.0322. The summed E-state index contributed by atoms with van der Waals surface area (Å²) >= 11 is 0. The molecular formula is C13H21NO2. The lowest BCUT2D eigenvalue weighted by Crippen LogP contribution is -2.32. The van der Waals surface area contributed by atoms with E-state index in [1.807, 2.05) is 6.92 Å². The highest BCUT2D eigenvalue weighted by Gasteiger charge is 2.13. The minimum Gasteiger partial charge on any atom is -0.469 e. The van der Waals surface area contributed by atoms with Gasteiger partial charge in [-0.3, -0.25) is 4.79 Å². The van der Waals surface area contributed by atoms with Crippen LogP contribution in [0.2, 0.25) is 0 Å². The second-order valence-electron chi connectivity index (χ2n) is 4.26. The second-order valence-corrected chi connectivity index (χ2v) is 4.26. The quantitative estimate of drug-likeness (QED) is 0.752. The Bertz CT molecular complexity index is 330. The number of nitrogens with one attached hydrogen (secondary N) is 1. The van der Waals surface area contributed by atoms with E-state index in [9.17, 15) is 4.79 Å². The van der Waals surface area contributed by atoms with Gasteiger partial charge in [0.15, 0.2) is 0 Å². The van der Waals surface area contributed by atoms with Gasteiger partial charge in [0, 0.05) is 6.04 Å². The number of furan rings is 1. The number of amides is 1. The van der Waals surface area contributed by atoms with Crippen molar-refractivity contribution < 1.29 is 9.21 Å². The summed E-state index contributed by atoms with van der Waals surface area (Å²) in [4.78, 5) is 11.8. The maximum absolute atomic E-state index is 11.8. The first-order valence-corrected chi connectivity index (χ1v) is 6.00. The molecule has 3 nitrogen and oxygen atoms in total. The molecule has 3 heteroatoms. The molecule has 0 aliphatic rings. The zero-order valence-corrected chi connectivity index (χ0v) is 10.4. The highest BCUT2D eigenvalue weighted by Crippen LogP contribution is 2.09. The van der Waals surface area contributed by atoms with E-state index >= 15 is 0 Å². The average Bonchev–Trinajstić information content (AvgIpc) is 2.65. The second kappa shape index (κ2) is 6.36. The lowest BCUT2D eigenvalue weighted by Gasteiger charge is -2.13. The predicted octanol–water partition coefficient (Wildman–Crippen LogP) is 3.29. The van der Waals surface area contributed by atoms with Crippen molar-refractivity contribution in [2.75, 3.05) is 0 Å². The first-order chi connectivity index (χ1) is 7.65. The van der Waals surface area contributed by atoms with Gasteiger partial charge in [-0.2, -0.15) is 0 Å². The summed E-state index contributed by atoms with van der Waals surface area (Å²) in [6, 6.07) is 1.94. The molecule has 0 spiro atoms. The van der Waals surface area contributed by atoms with Crippen molar-refractivity contribution in [2.45, 2.75) is 52.5 Å². The van der Waals surface area contributed by atoms with Gasteiger partial charge < -0.3 is 9.73 Å². The summed E-state index contributed by atoms with van der Waals surface area (Å²) in [5, 5.41) is 2.98. The van der Waals surface area contributed by atoms with Gasteiger partial charge in [0.1, 0.15) is 5.76 Å². The Labute approximate surface area is 97.2 Å². The summed E-state index contributed by atoms with van der Waals surface area (Å²) < 4.78 is 5.10. The number of rotatable bonds is 6. The molecule has 0 aliphatic carbocycles. The van der Waals surface area contributed by atoms with E-state index < -0.39 is 0 Å². The monoisotopic (exact) mass is 223 g/mol. The van der Waals surface area contributed by atoms with Gasteiger partial charge in [-0.1, -0.05) is 26.2 Å². The summed E-state index contributed by atoms with van der Waals surface area (Å²) in [7, 11) is 0. The van der Waals surface area contributed by atoms with Gasteiger partial charge in [0.2, 0.25) is 0 Å². The van der Waals surface area contributed by atoms with Crippen molar-refractivity contribution in [1.82, 2.24) is 5.32 Å². The Morgan fingerprint density at radius 1 is 1.50 bits per heavy atom. The normalized spacial score (nSPS) is 12.4. The molecule has 0 unspecified atom stereocenters. The van der Waals surface area contributed by atoms with Gasteiger partial charge in [0.05, 0.1) is 11.8 Å². The molecule has 0 bridgehead atoms. The van der Waals surface area contributed by atoms with Crippen LogP contribution in [0.1, 0.15) is 55.6 Å². The third-order valence-corrected chi connectivity index (χ3v) is 2.72. The van der Waals surface area contributed by atoms with Crippen LogP contribution >= 0.6 is 0 Å². The maximum atomic E-state index is 11.8. The number of aryl methyl sites for hydroxylation is 1. The van der Waals surface area contributed by atoms with Gasteiger partial charge >= 0.3 is 0 Å². The smallest absolute Gasteiger partial charge is 0.255 e. The van der Waals surface area contributed by atoms with Crippen LogP contribution in [0.3, 0.4) is 0 Å². The molecule has 0 radical (unpaired) electrons. The van der Waals surface area contributed by atoms with Crippen LogP contribution in [-0.2, 0) is 0 Å². The number of carbonyl (C=O) groups excluding carboxylic acids is 1.